The minimum absolute atomic E-state index is 0.135. The van der Waals surface area contributed by atoms with Gasteiger partial charge in [0, 0.05) is 16.3 Å². The van der Waals surface area contributed by atoms with Crippen LogP contribution in [-0.4, -0.2) is 56.3 Å². The van der Waals surface area contributed by atoms with Crippen molar-refractivity contribution in [1.29, 1.82) is 0 Å². The largest absolute Gasteiger partial charge is 0.493 e. The van der Waals surface area contributed by atoms with Crippen molar-refractivity contribution in [3.63, 3.8) is 0 Å². The summed E-state index contributed by atoms with van der Waals surface area (Å²) in [5, 5.41) is 9.98. The van der Waals surface area contributed by atoms with E-state index in [9.17, 15) is 19.2 Å². The van der Waals surface area contributed by atoms with Gasteiger partial charge in [-0.05, 0) is 91.6 Å². The fraction of sp³-hybridized carbons (Fsp3) is 0.281. The second kappa shape index (κ2) is 16.7. The first-order chi connectivity index (χ1) is 21.1. The second-order valence-corrected chi connectivity index (χ2v) is 10.4. The molecule has 0 bridgehead atoms. The van der Waals surface area contributed by atoms with Gasteiger partial charge in [0.05, 0.1) is 25.5 Å². The van der Waals surface area contributed by atoms with E-state index < -0.39 is 29.7 Å². The molecule has 232 valence electrons. The summed E-state index contributed by atoms with van der Waals surface area (Å²) in [4.78, 5) is 49.7. The summed E-state index contributed by atoms with van der Waals surface area (Å²) >= 11 is 5.90. The van der Waals surface area contributed by atoms with Crippen LogP contribution in [0, 0.1) is 5.92 Å². The van der Waals surface area contributed by atoms with Gasteiger partial charge in [-0.1, -0.05) is 25.4 Å². The predicted octanol–water partition coefficient (Wildman–Crippen LogP) is 4.84. The average Bonchev–Trinajstić information content (AvgIpc) is 3.00. The summed E-state index contributed by atoms with van der Waals surface area (Å²) in [7, 11) is 1.45. The first kappa shape index (κ1) is 33.6. The van der Waals surface area contributed by atoms with E-state index in [1.165, 1.54) is 13.3 Å². The summed E-state index contributed by atoms with van der Waals surface area (Å²) in [6.45, 7) is 5.60. The van der Waals surface area contributed by atoms with E-state index in [-0.39, 0.29) is 19.1 Å². The molecule has 44 heavy (non-hydrogen) atoms. The lowest BCUT2D eigenvalue weighted by Crippen LogP contribution is -2.46. The first-order valence-corrected chi connectivity index (χ1v) is 14.2. The van der Waals surface area contributed by atoms with E-state index in [0.29, 0.717) is 45.3 Å². The Kier molecular flexibility index (Phi) is 12.7. The third kappa shape index (κ3) is 10.4. The third-order valence-electron chi connectivity index (χ3n) is 6.05. The Morgan fingerprint density at radius 3 is 2.25 bits per heavy atom. The molecular formula is C32H35ClN4O7. The number of anilines is 1. The van der Waals surface area contributed by atoms with Crippen LogP contribution >= 0.6 is 11.6 Å². The molecule has 0 saturated carbocycles. The number of hydrogen-bond donors (Lipinski definition) is 3. The van der Waals surface area contributed by atoms with Gasteiger partial charge < -0.3 is 24.8 Å². The molecule has 1 unspecified atom stereocenters. The number of carbonyl (C=O) groups is 4. The number of hydrogen-bond acceptors (Lipinski definition) is 8. The van der Waals surface area contributed by atoms with Crippen LogP contribution in [0.1, 0.15) is 53.5 Å². The lowest BCUT2D eigenvalue weighted by molar-refractivity contribution is -0.123. The fourth-order valence-electron chi connectivity index (χ4n) is 3.92. The predicted molar refractivity (Wildman–Crippen MR) is 167 cm³/mol. The first-order valence-electron chi connectivity index (χ1n) is 13.9. The molecule has 3 amide bonds. The molecule has 12 heteroatoms. The number of hydrazone groups is 1. The van der Waals surface area contributed by atoms with Crippen molar-refractivity contribution in [1.82, 2.24) is 10.7 Å². The number of rotatable bonds is 14. The van der Waals surface area contributed by atoms with E-state index in [1.54, 1.807) is 73.7 Å². The summed E-state index contributed by atoms with van der Waals surface area (Å²) < 4.78 is 16.0. The van der Waals surface area contributed by atoms with Gasteiger partial charge in [-0.25, -0.2) is 10.2 Å². The van der Waals surface area contributed by atoms with Crippen molar-refractivity contribution in [2.75, 3.05) is 25.6 Å². The van der Waals surface area contributed by atoms with E-state index in [2.05, 4.69) is 21.2 Å². The molecule has 11 nitrogen and oxygen atoms in total. The van der Waals surface area contributed by atoms with Crippen LogP contribution in [0.15, 0.2) is 71.8 Å². The van der Waals surface area contributed by atoms with Gasteiger partial charge in [0.15, 0.2) is 18.1 Å². The number of carbonyl (C=O) groups excluding carboxylic acids is 4. The smallest absolute Gasteiger partial charge is 0.338 e. The molecule has 0 radical (unpaired) electrons. The molecule has 0 aliphatic rings. The molecular weight excluding hydrogens is 588 g/mol. The molecule has 3 rings (SSSR count). The Morgan fingerprint density at radius 2 is 1.61 bits per heavy atom. The highest BCUT2D eigenvalue weighted by molar-refractivity contribution is 6.30. The third-order valence-corrected chi connectivity index (χ3v) is 6.30. The van der Waals surface area contributed by atoms with E-state index in [4.69, 9.17) is 25.8 Å². The van der Waals surface area contributed by atoms with Gasteiger partial charge in [0.2, 0.25) is 0 Å². The Hall–Kier alpha value is -4.90. The summed E-state index contributed by atoms with van der Waals surface area (Å²) in [5.74, 6) is -0.911. The maximum Gasteiger partial charge on any atom is 0.338 e. The summed E-state index contributed by atoms with van der Waals surface area (Å²) in [6, 6.07) is 16.8. The number of nitrogens with zero attached hydrogens (tertiary/aromatic N) is 1. The van der Waals surface area contributed by atoms with Crippen LogP contribution in [-0.2, 0) is 14.3 Å². The van der Waals surface area contributed by atoms with E-state index >= 15 is 0 Å². The lowest BCUT2D eigenvalue weighted by atomic mass is 10.0. The normalized spacial score (nSPS) is 11.5. The Balaban J connectivity index is 1.55. The van der Waals surface area contributed by atoms with Gasteiger partial charge in [-0.15, -0.1) is 0 Å². The number of esters is 1. The highest BCUT2D eigenvalue weighted by Crippen LogP contribution is 2.27. The van der Waals surface area contributed by atoms with Gasteiger partial charge in [-0.3, -0.25) is 14.4 Å². The summed E-state index contributed by atoms with van der Waals surface area (Å²) in [6.07, 6.45) is 1.83. The van der Waals surface area contributed by atoms with Crippen molar-refractivity contribution in [2.45, 2.75) is 33.2 Å². The molecule has 0 aromatic heterocycles. The van der Waals surface area contributed by atoms with Crippen molar-refractivity contribution in [3.05, 3.63) is 88.4 Å². The van der Waals surface area contributed by atoms with Crippen LogP contribution in [0.4, 0.5) is 5.69 Å². The maximum absolute atomic E-state index is 12.9. The number of benzene rings is 3. The second-order valence-electron chi connectivity index (χ2n) is 9.94. The Morgan fingerprint density at radius 1 is 0.932 bits per heavy atom. The fourth-order valence-corrected chi connectivity index (χ4v) is 4.05. The highest BCUT2D eigenvalue weighted by atomic mass is 35.5. The van der Waals surface area contributed by atoms with E-state index in [1.807, 2.05) is 13.8 Å². The highest BCUT2D eigenvalue weighted by Gasteiger charge is 2.22. The van der Waals surface area contributed by atoms with Crippen LogP contribution < -0.4 is 25.5 Å². The molecule has 0 aliphatic carbocycles. The van der Waals surface area contributed by atoms with Crippen LogP contribution in [0.25, 0.3) is 0 Å². The maximum atomic E-state index is 12.9. The molecule has 0 saturated heterocycles. The Labute approximate surface area is 260 Å². The van der Waals surface area contributed by atoms with Gasteiger partial charge in [-0.2, -0.15) is 5.10 Å². The van der Waals surface area contributed by atoms with Crippen molar-refractivity contribution in [3.8, 4) is 11.5 Å². The number of amides is 3. The van der Waals surface area contributed by atoms with Crippen molar-refractivity contribution < 1.29 is 33.4 Å². The quantitative estimate of drug-likeness (QED) is 0.133. The monoisotopic (exact) mass is 622 g/mol. The molecule has 0 fully saturated rings. The number of nitrogens with one attached hydrogen (secondary N) is 3. The van der Waals surface area contributed by atoms with Gasteiger partial charge >= 0.3 is 5.97 Å². The molecule has 1 atom stereocenters. The molecule has 0 spiro atoms. The van der Waals surface area contributed by atoms with Crippen LogP contribution in [0.5, 0.6) is 11.5 Å². The summed E-state index contributed by atoms with van der Waals surface area (Å²) in [5.41, 5.74) is 4.32. The van der Waals surface area contributed by atoms with Crippen molar-refractivity contribution in [2.24, 2.45) is 11.0 Å². The molecule has 3 aromatic rings. The molecule has 0 heterocycles. The minimum Gasteiger partial charge on any atom is -0.493 e. The lowest BCUT2D eigenvalue weighted by Gasteiger charge is -2.19. The molecule has 3 N–H and O–H groups in total. The topological polar surface area (TPSA) is 144 Å². The number of ether oxygens (including phenoxy) is 3. The molecule has 3 aromatic carbocycles. The van der Waals surface area contributed by atoms with Gasteiger partial charge in [0.25, 0.3) is 17.7 Å². The minimum atomic E-state index is -0.803. The zero-order valence-corrected chi connectivity index (χ0v) is 25.6. The van der Waals surface area contributed by atoms with E-state index in [0.717, 1.165) is 0 Å². The average molecular weight is 623 g/mol. The molecule has 0 aliphatic heterocycles. The zero-order chi connectivity index (χ0) is 32.1. The SMILES string of the molecule is CCOC(=O)c1ccc(NC(=O)COc2ccc(C=NNC(=O)C(CC(C)C)NC(=O)c3ccc(Cl)cc3)cc2OC)cc1. The standard InChI is InChI=1S/C32H35ClN4O7/c1-5-43-32(41)23-9-13-25(14-10-23)35-29(38)19-44-27-15-6-21(17-28(27)42-4)18-34-37-31(40)26(16-20(2)3)36-30(39)22-7-11-24(33)12-8-22/h6-15,17-18,20,26H,5,16,19H2,1-4H3,(H,35,38)(H,36,39)(H,37,40). The number of methoxy groups -OCH3 is 1. The number of halogens is 1. The van der Waals surface area contributed by atoms with Crippen LogP contribution in [0.3, 0.4) is 0 Å². The van der Waals surface area contributed by atoms with Crippen LogP contribution in [0.2, 0.25) is 5.02 Å². The zero-order valence-electron chi connectivity index (χ0n) is 24.9. The van der Waals surface area contributed by atoms with Crippen molar-refractivity contribution >= 4 is 47.2 Å². The Bertz CT molecular complexity index is 1470. The van der Waals surface area contributed by atoms with Gasteiger partial charge in [0.1, 0.15) is 6.04 Å².